The number of aliphatic hydroxyl groups is 1. The van der Waals surface area contributed by atoms with E-state index in [0.717, 1.165) is 17.4 Å². The minimum Gasteiger partial charge on any atom is -0.374 e. The number of rotatable bonds is 6. The Bertz CT molecular complexity index is 556. The Labute approximate surface area is 132 Å². The number of alkyl halides is 3. The highest BCUT2D eigenvalue weighted by Crippen LogP contribution is 2.40. The van der Waals surface area contributed by atoms with Crippen molar-refractivity contribution >= 4 is 6.03 Å². The maximum absolute atomic E-state index is 13.3. The highest BCUT2D eigenvalue weighted by molar-refractivity contribution is 5.73. The third-order valence-corrected chi connectivity index (χ3v) is 4.00. The van der Waals surface area contributed by atoms with Crippen molar-refractivity contribution < 1.29 is 23.1 Å². The van der Waals surface area contributed by atoms with E-state index in [1.165, 1.54) is 24.3 Å². The number of hydrogen-bond donors (Lipinski definition) is 2. The maximum Gasteiger partial charge on any atom is 0.424 e. The van der Waals surface area contributed by atoms with Crippen LogP contribution >= 0.6 is 0 Å². The summed E-state index contributed by atoms with van der Waals surface area (Å²) in [5, 5.41) is 12.5. The topological polar surface area (TPSA) is 70.4 Å². The second kappa shape index (κ2) is 6.38. The maximum atomic E-state index is 13.3. The summed E-state index contributed by atoms with van der Waals surface area (Å²) in [6.07, 6.45) is -0.932. The number of halogens is 3. The van der Waals surface area contributed by atoms with Crippen molar-refractivity contribution in [2.24, 2.45) is 13.0 Å². The van der Waals surface area contributed by atoms with E-state index in [1.54, 1.807) is 7.05 Å². The molecule has 0 spiro atoms. The highest BCUT2D eigenvalue weighted by atomic mass is 19.4. The molecule has 1 saturated carbocycles. The summed E-state index contributed by atoms with van der Waals surface area (Å²) in [7, 11) is 2.98. The van der Waals surface area contributed by atoms with Gasteiger partial charge in [0.15, 0.2) is 0 Å². The molecule has 2 N–H and O–H groups in total. The zero-order valence-electron chi connectivity index (χ0n) is 13.1. The third-order valence-electron chi connectivity index (χ3n) is 4.00. The first kappa shape index (κ1) is 17.6. The Morgan fingerprint density at radius 3 is 2.65 bits per heavy atom. The van der Waals surface area contributed by atoms with Gasteiger partial charge in [-0.15, -0.1) is 0 Å². The summed E-state index contributed by atoms with van der Waals surface area (Å²) in [5.41, 5.74) is -3.10. The Balaban J connectivity index is 1.96. The fourth-order valence-corrected chi connectivity index (χ4v) is 2.40. The van der Waals surface area contributed by atoms with Gasteiger partial charge in [-0.05, 0) is 18.8 Å². The fourth-order valence-electron chi connectivity index (χ4n) is 2.40. The molecule has 2 rings (SSSR count). The SMILES string of the molecule is CN(CC1CC1)C(=O)NCCC(O)(c1nccn1C)C(F)(F)F. The average Bonchev–Trinajstić information content (AvgIpc) is 3.15. The van der Waals surface area contributed by atoms with Crippen LogP contribution in [0.5, 0.6) is 0 Å². The molecule has 1 atom stereocenters. The molecular weight excluding hydrogens is 313 g/mol. The van der Waals surface area contributed by atoms with E-state index in [4.69, 9.17) is 0 Å². The summed E-state index contributed by atoms with van der Waals surface area (Å²) >= 11 is 0. The second-order valence-electron chi connectivity index (χ2n) is 6.03. The van der Waals surface area contributed by atoms with Gasteiger partial charge < -0.3 is 19.9 Å². The van der Waals surface area contributed by atoms with E-state index in [9.17, 15) is 23.1 Å². The van der Waals surface area contributed by atoms with Crippen molar-refractivity contribution in [1.29, 1.82) is 0 Å². The molecule has 23 heavy (non-hydrogen) atoms. The van der Waals surface area contributed by atoms with E-state index in [2.05, 4.69) is 10.3 Å². The van der Waals surface area contributed by atoms with Crippen molar-refractivity contribution in [3.05, 3.63) is 18.2 Å². The number of nitrogens with zero attached hydrogens (tertiary/aromatic N) is 3. The predicted molar refractivity (Wildman–Crippen MR) is 76.5 cm³/mol. The number of amides is 2. The van der Waals surface area contributed by atoms with Crippen LogP contribution in [0.15, 0.2) is 12.4 Å². The number of imidazole rings is 1. The number of nitrogens with one attached hydrogen (secondary N) is 1. The molecule has 0 radical (unpaired) electrons. The first-order valence-corrected chi connectivity index (χ1v) is 7.41. The van der Waals surface area contributed by atoms with Crippen LogP contribution in [0.3, 0.4) is 0 Å². The first-order valence-electron chi connectivity index (χ1n) is 7.41. The molecule has 0 bridgehead atoms. The van der Waals surface area contributed by atoms with Gasteiger partial charge in [0, 0.05) is 46.0 Å². The average molecular weight is 334 g/mol. The molecule has 1 fully saturated rings. The smallest absolute Gasteiger partial charge is 0.374 e. The fraction of sp³-hybridized carbons (Fsp3) is 0.714. The number of carbonyl (C=O) groups excluding carboxylic acids is 1. The van der Waals surface area contributed by atoms with Crippen molar-refractivity contribution in [2.45, 2.75) is 31.0 Å². The van der Waals surface area contributed by atoms with Gasteiger partial charge in [0.2, 0.25) is 5.60 Å². The third kappa shape index (κ3) is 3.95. The Morgan fingerprint density at radius 1 is 1.52 bits per heavy atom. The van der Waals surface area contributed by atoms with Crippen LogP contribution in [0.2, 0.25) is 0 Å². The van der Waals surface area contributed by atoms with Crippen LogP contribution in [0.25, 0.3) is 0 Å². The highest BCUT2D eigenvalue weighted by Gasteiger charge is 2.57. The van der Waals surface area contributed by atoms with E-state index in [1.807, 2.05) is 0 Å². The second-order valence-corrected chi connectivity index (χ2v) is 6.03. The lowest BCUT2D eigenvalue weighted by Crippen LogP contribution is -2.47. The Hall–Kier alpha value is -1.77. The van der Waals surface area contributed by atoms with E-state index in [0.29, 0.717) is 12.5 Å². The largest absolute Gasteiger partial charge is 0.424 e. The summed E-state index contributed by atoms with van der Waals surface area (Å²) in [6, 6.07) is -0.443. The van der Waals surface area contributed by atoms with Gasteiger partial charge in [0.1, 0.15) is 5.82 Å². The van der Waals surface area contributed by atoms with Gasteiger partial charge in [0.05, 0.1) is 0 Å². The summed E-state index contributed by atoms with van der Waals surface area (Å²) < 4.78 is 41.0. The van der Waals surface area contributed by atoms with Crippen LogP contribution < -0.4 is 5.32 Å². The van der Waals surface area contributed by atoms with Gasteiger partial charge in [-0.3, -0.25) is 0 Å². The summed E-state index contributed by atoms with van der Waals surface area (Å²) in [4.78, 5) is 16.9. The Morgan fingerprint density at radius 2 is 2.17 bits per heavy atom. The van der Waals surface area contributed by atoms with Gasteiger partial charge in [-0.25, -0.2) is 9.78 Å². The summed E-state index contributed by atoms with van der Waals surface area (Å²) in [5.74, 6) is -0.00369. The van der Waals surface area contributed by atoms with Gasteiger partial charge >= 0.3 is 12.2 Å². The molecule has 130 valence electrons. The molecule has 1 unspecified atom stereocenters. The molecule has 1 aromatic heterocycles. The molecule has 0 aromatic carbocycles. The van der Waals surface area contributed by atoms with Crippen molar-refractivity contribution in [3.63, 3.8) is 0 Å². The van der Waals surface area contributed by atoms with Gasteiger partial charge in [-0.2, -0.15) is 13.2 Å². The van der Waals surface area contributed by atoms with Gasteiger partial charge in [-0.1, -0.05) is 0 Å². The van der Waals surface area contributed by atoms with Gasteiger partial charge in [0.25, 0.3) is 0 Å². The van der Waals surface area contributed by atoms with Crippen LogP contribution in [0.1, 0.15) is 25.1 Å². The minimum absolute atomic E-state index is 0.309. The van der Waals surface area contributed by atoms with Crippen molar-refractivity contribution in [2.75, 3.05) is 20.1 Å². The lowest BCUT2D eigenvalue weighted by atomic mass is 9.97. The predicted octanol–water partition coefficient (Wildman–Crippen LogP) is 1.61. The minimum atomic E-state index is -4.89. The molecule has 0 saturated heterocycles. The molecule has 9 heteroatoms. The Kier molecular flexibility index (Phi) is 4.88. The zero-order chi connectivity index (χ0) is 17.3. The van der Waals surface area contributed by atoms with Crippen LogP contribution in [0.4, 0.5) is 18.0 Å². The molecule has 6 nitrogen and oxygen atoms in total. The van der Waals surface area contributed by atoms with E-state index < -0.39 is 30.1 Å². The standard InChI is InChI=1S/C14H21F3N4O2/c1-20-8-7-18-11(20)13(23,14(15,16)17)5-6-19-12(22)21(2)9-10-3-4-10/h7-8,10,23H,3-6,9H2,1-2H3,(H,19,22). The van der Waals surface area contributed by atoms with Crippen LogP contribution in [-0.2, 0) is 12.6 Å². The zero-order valence-corrected chi connectivity index (χ0v) is 13.1. The van der Waals surface area contributed by atoms with E-state index in [-0.39, 0.29) is 6.54 Å². The normalized spacial score (nSPS) is 17.7. The number of hydrogen-bond acceptors (Lipinski definition) is 3. The van der Waals surface area contributed by atoms with E-state index >= 15 is 0 Å². The lowest BCUT2D eigenvalue weighted by Gasteiger charge is -2.30. The quantitative estimate of drug-likeness (QED) is 0.830. The summed E-state index contributed by atoms with van der Waals surface area (Å²) in [6.45, 7) is 0.283. The molecule has 1 aromatic rings. The number of aromatic nitrogens is 2. The number of urea groups is 1. The van der Waals surface area contributed by atoms with Crippen molar-refractivity contribution in [3.8, 4) is 0 Å². The van der Waals surface area contributed by atoms with Crippen LogP contribution in [0, 0.1) is 5.92 Å². The molecule has 0 aliphatic heterocycles. The molecular formula is C14H21F3N4O2. The number of aryl methyl sites for hydroxylation is 1. The lowest BCUT2D eigenvalue weighted by molar-refractivity contribution is -0.272. The molecule has 1 aliphatic rings. The molecule has 1 heterocycles. The number of carbonyl (C=O) groups is 1. The molecule has 1 aliphatic carbocycles. The molecule has 2 amide bonds. The van der Waals surface area contributed by atoms with Crippen molar-refractivity contribution in [1.82, 2.24) is 19.8 Å². The van der Waals surface area contributed by atoms with Crippen LogP contribution in [-0.4, -0.2) is 51.9 Å². The first-order chi connectivity index (χ1) is 10.6. The monoisotopic (exact) mass is 334 g/mol.